The third-order valence-electron chi connectivity index (χ3n) is 6.36. The summed E-state index contributed by atoms with van der Waals surface area (Å²) < 4.78 is 26.9. The minimum atomic E-state index is -1.02. The molecule has 1 fully saturated rings. The second-order valence-corrected chi connectivity index (χ2v) is 9.12. The summed E-state index contributed by atoms with van der Waals surface area (Å²) in [5.41, 5.74) is 8.39. The lowest BCUT2D eigenvalue weighted by Gasteiger charge is -2.25. The molecule has 194 valence electrons. The van der Waals surface area contributed by atoms with Crippen LogP contribution in [0.5, 0.6) is 0 Å². The monoisotopic (exact) mass is 507 g/mol. The number of urea groups is 1. The van der Waals surface area contributed by atoms with Gasteiger partial charge >= 0.3 is 6.03 Å². The van der Waals surface area contributed by atoms with Gasteiger partial charge in [-0.05, 0) is 80.9 Å². The third-order valence-corrected chi connectivity index (χ3v) is 6.36. The van der Waals surface area contributed by atoms with Crippen molar-refractivity contribution in [2.45, 2.75) is 25.8 Å². The fourth-order valence-electron chi connectivity index (χ4n) is 4.31. The molecule has 0 atom stereocenters. The van der Waals surface area contributed by atoms with E-state index in [0.717, 1.165) is 43.8 Å². The molecule has 7 nitrogen and oxygen atoms in total. The lowest BCUT2D eigenvalue weighted by atomic mass is 10.1. The maximum absolute atomic E-state index is 13.6. The highest BCUT2D eigenvalue weighted by molar-refractivity contribution is 6.05. The van der Waals surface area contributed by atoms with Crippen molar-refractivity contribution in [3.8, 4) is 0 Å². The molecule has 3 aromatic rings. The van der Waals surface area contributed by atoms with Crippen molar-refractivity contribution in [1.82, 2.24) is 9.80 Å². The number of hydrogen-bond donors (Lipinski definition) is 3. The van der Waals surface area contributed by atoms with Crippen LogP contribution in [0.3, 0.4) is 0 Å². The Bertz CT molecular complexity index is 1230. The number of likely N-dealkylation sites (tertiary alicyclic amines) is 1. The summed E-state index contributed by atoms with van der Waals surface area (Å²) >= 11 is 0. The number of nitrogens with two attached hydrogens (primary N) is 1. The van der Waals surface area contributed by atoms with E-state index in [1.807, 2.05) is 0 Å². The fourth-order valence-corrected chi connectivity index (χ4v) is 4.31. The number of halogens is 2. The van der Waals surface area contributed by atoms with E-state index in [1.165, 1.54) is 18.9 Å². The second kappa shape index (κ2) is 12.3. The lowest BCUT2D eigenvalue weighted by molar-refractivity contribution is 0.102. The molecule has 0 aromatic heterocycles. The van der Waals surface area contributed by atoms with Crippen LogP contribution in [0.25, 0.3) is 0 Å². The summed E-state index contributed by atoms with van der Waals surface area (Å²) in [7, 11) is 0. The molecule has 1 saturated heterocycles. The van der Waals surface area contributed by atoms with Crippen LogP contribution in [0.4, 0.5) is 30.6 Å². The van der Waals surface area contributed by atoms with Crippen molar-refractivity contribution in [1.29, 1.82) is 0 Å². The molecule has 0 bridgehead atoms. The van der Waals surface area contributed by atoms with Gasteiger partial charge in [-0.15, -0.1) is 0 Å². The van der Waals surface area contributed by atoms with Gasteiger partial charge in [0.1, 0.15) is 0 Å². The number of para-hydroxylation sites is 2. The van der Waals surface area contributed by atoms with Crippen molar-refractivity contribution < 1.29 is 18.4 Å². The van der Waals surface area contributed by atoms with Crippen molar-refractivity contribution >= 4 is 29.0 Å². The molecule has 0 spiro atoms. The Morgan fingerprint density at radius 3 is 2.35 bits per heavy atom. The summed E-state index contributed by atoms with van der Waals surface area (Å²) in [6, 6.07) is 16.9. The van der Waals surface area contributed by atoms with Crippen LogP contribution in [0.2, 0.25) is 0 Å². The van der Waals surface area contributed by atoms with Gasteiger partial charge in [-0.2, -0.15) is 0 Å². The molecule has 1 aliphatic heterocycles. The second-order valence-electron chi connectivity index (χ2n) is 9.12. The van der Waals surface area contributed by atoms with Gasteiger partial charge in [-0.1, -0.05) is 24.3 Å². The number of carbonyl (C=O) groups is 2. The molecule has 1 aliphatic rings. The Morgan fingerprint density at radius 2 is 1.65 bits per heavy atom. The molecular formula is C28H31F2N5O2. The van der Waals surface area contributed by atoms with Crippen LogP contribution in [0, 0.1) is 11.6 Å². The number of anilines is 3. The molecule has 4 N–H and O–H groups in total. The zero-order chi connectivity index (χ0) is 26.2. The van der Waals surface area contributed by atoms with E-state index in [0.29, 0.717) is 30.0 Å². The van der Waals surface area contributed by atoms with Gasteiger partial charge in [-0.3, -0.25) is 4.79 Å². The molecule has 37 heavy (non-hydrogen) atoms. The van der Waals surface area contributed by atoms with Crippen LogP contribution in [-0.2, 0) is 6.54 Å². The fraction of sp³-hybridized carbons (Fsp3) is 0.286. The summed E-state index contributed by atoms with van der Waals surface area (Å²) in [5.74, 6) is -2.29. The topological polar surface area (TPSA) is 90.7 Å². The zero-order valence-electron chi connectivity index (χ0n) is 20.6. The zero-order valence-corrected chi connectivity index (χ0v) is 20.6. The number of nitrogens with zero attached hydrogens (tertiary/aromatic N) is 2. The van der Waals surface area contributed by atoms with Crippen LogP contribution in [-0.4, -0.2) is 47.9 Å². The average Bonchev–Trinajstić information content (AvgIpc) is 3.41. The van der Waals surface area contributed by atoms with Crippen molar-refractivity contribution in [2.75, 3.05) is 42.5 Å². The van der Waals surface area contributed by atoms with Crippen LogP contribution in [0.1, 0.15) is 35.2 Å². The summed E-state index contributed by atoms with van der Waals surface area (Å²) in [5, 5.41) is 5.46. The number of benzene rings is 3. The molecule has 4 rings (SSSR count). The smallest absolute Gasteiger partial charge is 0.322 e. The number of carbonyl (C=O) groups excluding carboxylic acids is 2. The molecule has 9 heteroatoms. The average molecular weight is 508 g/mol. The maximum Gasteiger partial charge on any atom is 0.322 e. The molecule has 3 amide bonds. The highest BCUT2D eigenvalue weighted by atomic mass is 19.2. The van der Waals surface area contributed by atoms with Gasteiger partial charge in [0, 0.05) is 30.4 Å². The Balaban J connectivity index is 1.41. The van der Waals surface area contributed by atoms with Crippen LogP contribution >= 0.6 is 0 Å². The third kappa shape index (κ3) is 7.27. The summed E-state index contributed by atoms with van der Waals surface area (Å²) in [4.78, 5) is 29.7. The van der Waals surface area contributed by atoms with Gasteiger partial charge in [0.05, 0.1) is 11.4 Å². The maximum atomic E-state index is 13.6. The molecule has 0 radical (unpaired) electrons. The van der Waals surface area contributed by atoms with Gasteiger partial charge in [0.2, 0.25) is 0 Å². The van der Waals surface area contributed by atoms with Gasteiger partial charge in [0.15, 0.2) is 11.6 Å². The summed E-state index contributed by atoms with van der Waals surface area (Å²) in [6.07, 6.45) is 3.17. The first-order valence-corrected chi connectivity index (χ1v) is 12.4. The van der Waals surface area contributed by atoms with E-state index in [9.17, 15) is 18.4 Å². The molecule has 0 aliphatic carbocycles. The van der Waals surface area contributed by atoms with E-state index in [1.54, 1.807) is 53.4 Å². The Labute approximate surface area is 215 Å². The lowest BCUT2D eigenvalue weighted by Crippen LogP contribution is -2.36. The highest BCUT2D eigenvalue weighted by Gasteiger charge is 2.18. The number of amides is 3. The van der Waals surface area contributed by atoms with Crippen LogP contribution in [0.15, 0.2) is 66.7 Å². The molecular weight excluding hydrogens is 476 g/mol. The number of nitrogen functional groups attached to an aromatic ring is 1. The first kappa shape index (κ1) is 26.1. The van der Waals surface area contributed by atoms with E-state index >= 15 is 0 Å². The van der Waals surface area contributed by atoms with Gasteiger partial charge < -0.3 is 26.2 Å². The predicted molar refractivity (Wildman–Crippen MR) is 141 cm³/mol. The highest BCUT2D eigenvalue weighted by Crippen LogP contribution is 2.19. The normalized spacial score (nSPS) is 13.4. The number of rotatable bonds is 9. The van der Waals surface area contributed by atoms with Crippen molar-refractivity contribution in [2.24, 2.45) is 0 Å². The van der Waals surface area contributed by atoms with E-state index in [2.05, 4.69) is 15.5 Å². The summed E-state index contributed by atoms with van der Waals surface area (Å²) in [6.45, 7) is 3.81. The number of hydrogen-bond acceptors (Lipinski definition) is 4. The quantitative estimate of drug-likeness (QED) is 0.342. The Hall–Kier alpha value is -3.98. The SMILES string of the molecule is Nc1ccccc1NC(=O)c1ccc(CN(CCCN2CCCC2)C(=O)Nc2ccc(F)c(F)c2)cc1. The van der Waals surface area contributed by atoms with Crippen molar-refractivity contribution in [3.05, 3.63) is 89.5 Å². The first-order chi connectivity index (χ1) is 17.9. The largest absolute Gasteiger partial charge is 0.397 e. The Kier molecular flexibility index (Phi) is 8.68. The minimum Gasteiger partial charge on any atom is -0.397 e. The van der Waals surface area contributed by atoms with E-state index in [4.69, 9.17) is 5.73 Å². The number of nitrogens with one attached hydrogen (secondary N) is 2. The first-order valence-electron chi connectivity index (χ1n) is 12.4. The molecule has 0 unspecified atom stereocenters. The molecule has 3 aromatic carbocycles. The van der Waals surface area contributed by atoms with Crippen LogP contribution < -0.4 is 16.4 Å². The Morgan fingerprint density at radius 1 is 0.919 bits per heavy atom. The minimum absolute atomic E-state index is 0.181. The van der Waals surface area contributed by atoms with Crippen molar-refractivity contribution in [3.63, 3.8) is 0 Å². The van der Waals surface area contributed by atoms with Gasteiger partial charge in [0.25, 0.3) is 5.91 Å². The predicted octanol–water partition coefficient (Wildman–Crippen LogP) is 5.32. The van der Waals surface area contributed by atoms with Gasteiger partial charge in [-0.25, -0.2) is 13.6 Å². The standard InChI is InChI=1S/C28H31F2N5O2/c29-23-13-12-22(18-24(23)30)32-28(37)35(17-5-16-34-14-3-4-15-34)19-20-8-10-21(11-9-20)27(36)33-26-7-2-1-6-25(26)31/h1-2,6-13,18H,3-5,14-17,19,31H2,(H,32,37)(H,33,36). The van der Waals surface area contributed by atoms with E-state index < -0.39 is 17.7 Å². The molecule has 1 heterocycles. The molecule has 0 saturated carbocycles. The van der Waals surface area contributed by atoms with E-state index in [-0.39, 0.29) is 11.6 Å².